The number of hydrogen-bond acceptors (Lipinski definition) is 4. The van der Waals surface area contributed by atoms with E-state index in [9.17, 15) is 9.59 Å². The van der Waals surface area contributed by atoms with Crippen LogP contribution in [0, 0.1) is 18.3 Å². The molecule has 18 heavy (non-hydrogen) atoms. The van der Waals surface area contributed by atoms with Gasteiger partial charge in [0.05, 0.1) is 0 Å². The maximum Gasteiger partial charge on any atom is 0.349 e. The predicted molar refractivity (Wildman–Crippen MR) is 66.4 cm³/mol. The summed E-state index contributed by atoms with van der Waals surface area (Å²) in [5.74, 6) is -1.05. The fourth-order valence-electron chi connectivity index (χ4n) is 1.21. The normalized spacial score (nSPS) is 10.6. The van der Waals surface area contributed by atoms with Crippen LogP contribution in [0.3, 0.4) is 0 Å². The summed E-state index contributed by atoms with van der Waals surface area (Å²) in [4.78, 5) is 22.2. The van der Waals surface area contributed by atoms with Crippen molar-refractivity contribution in [2.75, 3.05) is 6.61 Å². The summed E-state index contributed by atoms with van der Waals surface area (Å²) in [6.45, 7) is 2.94. The lowest BCUT2D eigenvalue weighted by Gasteiger charge is -2.01. The third-order valence-corrected chi connectivity index (χ3v) is 2.14. The minimum Gasteiger partial charge on any atom is -0.454 e. The lowest BCUT2D eigenvalue weighted by atomic mass is 10.1. The zero-order valence-corrected chi connectivity index (χ0v) is 10.3. The second-order valence-corrected chi connectivity index (χ2v) is 3.86. The first kappa shape index (κ1) is 13.7. The van der Waals surface area contributed by atoms with E-state index in [-0.39, 0.29) is 18.0 Å². The number of rotatable bonds is 4. The summed E-state index contributed by atoms with van der Waals surface area (Å²) in [6.07, 6.45) is 1.43. The van der Waals surface area contributed by atoms with Crippen molar-refractivity contribution in [2.45, 2.75) is 13.8 Å². The van der Waals surface area contributed by atoms with Crippen LogP contribution in [0.15, 0.2) is 29.8 Å². The number of Topliss-reactive ketones (excluding diaryl/α,β-unsaturated/α-hetero) is 1. The second-order valence-electron chi connectivity index (χ2n) is 3.86. The van der Waals surface area contributed by atoms with Gasteiger partial charge in [0, 0.05) is 0 Å². The molecule has 0 N–H and O–H groups in total. The highest BCUT2D eigenvalue weighted by atomic mass is 16.5. The number of aryl methyl sites for hydroxylation is 1. The first-order valence-electron chi connectivity index (χ1n) is 5.38. The molecule has 4 heteroatoms. The lowest BCUT2D eigenvalue weighted by molar-refractivity contribution is -0.143. The molecule has 0 amide bonds. The SMILES string of the molecule is CC(=O)COC(=O)/C(C#N)=C/c1ccc(C)cc1. The van der Waals surface area contributed by atoms with E-state index in [4.69, 9.17) is 5.26 Å². The van der Waals surface area contributed by atoms with E-state index in [1.165, 1.54) is 13.0 Å². The predicted octanol–water partition coefficient (Wildman–Crippen LogP) is 2.03. The number of ketones is 1. The minimum absolute atomic E-state index is 0.125. The molecule has 0 spiro atoms. The number of nitriles is 1. The monoisotopic (exact) mass is 243 g/mol. The Balaban J connectivity index is 2.83. The molecule has 0 saturated carbocycles. The molecule has 92 valence electrons. The third kappa shape index (κ3) is 4.22. The van der Waals surface area contributed by atoms with Gasteiger partial charge in [-0.25, -0.2) is 4.79 Å². The molecule has 0 aliphatic rings. The van der Waals surface area contributed by atoms with Crippen LogP contribution in [0.2, 0.25) is 0 Å². The van der Waals surface area contributed by atoms with Crippen LogP contribution in [-0.2, 0) is 14.3 Å². The van der Waals surface area contributed by atoms with E-state index in [2.05, 4.69) is 4.74 Å². The van der Waals surface area contributed by atoms with Gasteiger partial charge in [0.25, 0.3) is 0 Å². The number of esters is 1. The van der Waals surface area contributed by atoms with Crippen molar-refractivity contribution in [1.82, 2.24) is 0 Å². The van der Waals surface area contributed by atoms with Gasteiger partial charge in [-0.05, 0) is 25.5 Å². The van der Waals surface area contributed by atoms with Crippen molar-refractivity contribution < 1.29 is 14.3 Å². The molecular weight excluding hydrogens is 230 g/mol. The summed E-state index contributed by atoms with van der Waals surface area (Å²) in [7, 11) is 0. The van der Waals surface area contributed by atoms with Gasteiger partial charge >= 0.3 is 5.97 Å². The summed E-state index contributed by atoms with van der Waals surface area (Å²) in [6, 6.07) is 9.11. The van der Waals surface area contributed by atoms with Crippen LogP contribution in [0.5, 0.6) is 0 Å². The quantitative estimate of drug-likeness (QED) is 0.461. The van der Waals surface area contributed by atoms with E-state index >= 15 is 0 Å². The second kappa shape index (κ2) is 6.36. The Morgan fingerprint density at radius 3 is 2.44 bits per heavy atom. The molecule has 1 aromatic rings. The van der Waals surface area contributed by atoms with Crippen molar-refractivity contribution in [3.05, 3.63) is 41.0 Å². The van der Waals surface area contributed by atoms with Crippen molar-refractivity contribution in [1.29, 1.82) is 5.26 Å². The zero-order chi connectivity index (χ0) is 13.5. The van der Waals surface area contributed by atoms with E-state index in [0.29, 0.717) is 0 Å². The van der Waals surface area contributed by atoms with Crippen LogP contribution < -0.4 is 0 Å². The molecule has 0 bridgehead atoms. The molecule has 0 radical (unpaired) electrons. The number of carbonyl (C=O) groups excluding carboxylic acids is 2. The van der Waals surface area contributed by atoms with Crippen LogP contribution >= 0.6 is 0 Å². The third-order valence-electron chi connectivity index (χ3n) is 2.14. The molecule has 0 aliphatic heterocycles. The molecule has 0 aliphatic carbocycles. The highest BCUT2D eigenvalue weighted by Gasteiger charge is 2.11. The summed E-state index contributed by atoms with van der Waals surface area (Å²) >= 11 is 0. The average molecular weight is 243 g/mol. The first-order valence-corrected chi connectivity index (χ1v) is 5.38. The topological polar surface area (TPSA) is 67.2 Å². The number of benzene rings is 1. The van der Waals surface area contributed by atoms with Gasteiger partial charge < -0.3 is 4.74 Å². The zero-order valence-electron chi connectivity index (χ0n) is 10.3. The maximum atomic E-state index is 11.5. The van der Waals surface area contributed by atoms with E-state index < -0.39 is 5.97 Å². The van der Waals surface area contributed by atoms with Gasteiger partial charge in [-0.15, -0.1) is 0 Å². The van der Waals surface area contributed by atoms with Crippen LogP contribution in [0.25, 0.3) is 6.08 Å². The van der Waals surface area contributed by atoms with Crippen molar-refractivity contribution >= 4 is 17.8 Å². The fourth-order valence-corrected chi connectivity index (χ4v) is 1.21. The molecule has 0 aromatic heterocycles. The Morgan fingerprint density at radius 1 is 1.33 bits per heavy atom. The van der Waals surface area contributed by atoms with Gasteiger partial charge in [-0.1, -0.05) is 29.8 Å². The standard InChI is InChI=1S/C14H13NO3/c1-10-3-5-12(6-4-10)7-13(8-15)14(17)18-9-11(2)16/h3-7H,9H2,1-2H3/b13-7+. The number of hydrogen-bond donors (Lipinski definition) is 0. The molecule has 1 aromatic carbocycles. The van der Waals surface area contributed by atoms with Gasteiger partial charge in [0.1, 0.15) is 18.2 Å². The van der Waals surface area contributed by atoms with Crippen molar-refractivity contribution in [2.24, 2.45) is 0 Å². The highest BCUT2D eigenvalue weighted by Crippen LogP contribution is 2.09. The number of nitrogens with zero attached hydrogens (tertiary/aromatic N) is 1. The average Bonchev–Trinajstić information content (AvgIpc) is 2.35. The largest absolute Gasteiger partial charge is 0.454 e. The van der Waals surface area contributed by atoms with Gasteiger partial charge in [0.2, 0.25) is 0 Å². The van der Waals surface area contributed by atoms with Gasteiger partial charge in [-0.2, -0.15) is 5.26 Å². The Morgan fingerprint density at radius 2 is 1.94 bits per heavy atom. The number of carbonyl (C=O) groups is 2. The Labute approximate surface area is 105 Å². The summed E-state index contributed by atoms with van der Waals surface area (Å²) < 4.78 is 4.67. The molecule has 1 rings (SSSR count). The van der Waals surface area contributed by atoms with Gasteiger partial charge in [0.15, 0.2) is 5.78 Å². The smallest absolute Gasteiger partial charge is 0.349 e. The van der Waals surface area contributed by atoms with E-state index in [1.54, 1.807) is 18.2 Å². The van der Waals surface area contributed by atoms with Crippen LogP contribution in [0.4, 0.5) is 0 Å². The molecule has 0 heterocycles. The van der Waals surface area contributed by atoms with Gasteiger partial charge in [-0.3, -0.25) is 4.79 Å². The Kier molecular flexibility index (Phi) is 4.82. The first-order chi connectivity index (χ1) is 8.52. The van der Waals surface area contributed by atoms with E-state index in [0.717, 1.165) is 11.1 Å². The molecule has 0 fully saturated rings. The highest BCUT2D eigenvalue weighted by molar-refractivity contribution is 5.98. The van der Waals surface area contributed by atoms with Crippen LogP contribution in [-0.4, -0.2) is 18.4 Å². The minimum atomic E-state index is -0.784. The van der Waals surface area contributed by atoms with Crippen LogP contribution in [0.1, 0.15) is 18.1 Å². The Hall–Kier alpha value is -2.41. The summed E-state index contributed by atoms with van der Waals surface area (Å²) in [5.41, 5.74) is 1.70. The Bertz CT molecular complexity index is 521. The molecule has 0 unspecified atom stereocenters. The molecule has 4 nitrogen and oxygen atoms in total. The maximum absolute atomic E-state index is 11.5. The van der Waals surface area contributed by atoms with Crippen molar-refractivity contribution in [3.63, 3.8) is 0 Å². The fraction of sp³-hybridized carbons (Fsp3) is 0.214. The van der Waals surface area contributed by atoms with E-state index in [1.807, 2.05) is 19.1 Å². The number of ether oxygens (including phenoxy) is 1. The lowest BCUT2D eigenvalue weighted by Crippen LogP contribution is -2.12. The summed E-state index contributed by atoms with van der Waals surface area (Å²) in [5, 5.41) is 8.87. The molecular formula is C14H13NO3. The molecule has 0 atom stereocenters. The van der Waals surface area contributed by atoms with Crippen molar-refractivity contribution in [3.8, 4) is 6.07 Å². The molecule has 0 saturated heterocycles.